The van der Waals surface area contributed by atoms with Crippen molar-refractivity contribution >= 4 is 50.5 Å². The summed E-state index contributed by atoms with van der Waals surface area (Å²) in [4.78, 5) is -0.109. The zero-order valence-electron chi connectivity index (χ0n) is 11.7. The van der Waals surface area contributed by atoms with Crippen LogP contribution >= 0.6 is 34.8 Å². The number of hydrogen-bond donors (Lipinski definition) is 0. The van der Waals surface area contributed by atoms with E-state index in [1.807, 2.05) is 0 Å². The number of methoxy groups -OCH3 is 1. The Labute approximate surface area is 144 Å². The number of benzene rings is 2. The number of hydrogen-bond acceptors (Lipinski definition) is 3. The number of rotatable bonds is 4. The van der Waals surface area contributed by atoms with Crippen molar-refractivity contribution in [2.24, 2.45) is 0 Å². The van der Waals surface area contributed by atoms with Gasteiger partial charge in [-0.05, 0) is 30.3 Å². The largest absolute Gasteiger partial charge is 0.495 e. The number of halogens is 3. The topological polar surface area (TPSA) is 46.6 Å². The number of ether oxygens (including phenoxy) is 1. The van der Waals surface area contributed by atoms with Crippen molar-refractivity contribution in [2.75, 3.05) is 18.5 Å². The van der Waals surface area contributed by atoms with E-state index in [0.717, 1.165) is 4.31 Å². The van der Waals surface area contributed by atoms with Gasteiger partial charge in [0.05, 0.1) is 17.8 Å². The third-order valence-electron chi connectivity index (χ3n) is 3.04. The molecule has 118 valence electrons. The summed E-state index contributed by atoms with van der Waals surface area (Å²) in [6.45, 7) is 0. The monoisotopic (exact) mass is 379 g/mol. The van der Waals surface area contributed by atoms with Crippen LogP contribution in [0.1, 0.15) is 0 Å². The van der Waals surface area contributed by atoms with Gasteiger partial charge in [-0.2, -0.15) is 0 Å². The first-order valence-corrected chi connectivity index (χ1v) is 8.63. The summed E-state index contributed by atoms with van der Waals surface area (Å²) >= 11 is 18.0. The van der Waals surface area contributed by atoms with E-state index in [-0.39, 0.29) is 14.9 Å². The van der Waals surface area contributed by atoms with E-state index in [1.165, 1.54) is 32.4 Å². The van der Waals surface area contributed by atoms with Crippen molar-refractivity contribution < 1.29 is 13.2 Å². The third-order valence-corrected chi connectivity index (χ3v) is 6.08. The maximum Gasteiger partial charge on any atom is 0.265 e. The van der Waals surface area contributed by atoms with E-state index in [1.54, 1.807) is 18.2 Å². The van der Waals surface area contributed by atoms with E-state index in [4.69, 9.17) is 39.5 Å². The van der Waals surface area contributed by atoms with Gasteiger partial charge in [0.1, 0.15) is 15.7 Å². The van der Waals surface area contributed by atoms with Crippen molar-refractivity contribution in [3.63, 3.8) is 0 Å². The van der Waals surface area contributed by atoms with Crippen molar-refractivity contribution in [3.05, 3.63) is 51.5 Å². The average Bonchev–Trinajstić information content (AvgIpc) is 2.48. The van der Waals surface area contributed by atoms with Gasteiger partial charge < -0.3 is 4.74 Å². The summed E-state index contributed by atoms with van der Waals surface area (Å²) in [5.41, 5.74) is 0.413. The molecular weight excluding hydrogens is 369 g/mol. The lowest BCUT2D eigenvalue weighted by molar-refractivity contribution is 0.414. The summed E-state index contributed by atoms with van der Waals surface area (Å²) in [5.74, 6) is 0.302. The normalized spacial score (nSPS) is 11.3. The average molecular weight is 381 g/mol. The molecule has 0 N–H and O–H groups in total. The second-order valence-electron chi connectivity index (χ2n) is 4.35. The van der Waals surface area contributed by atoms with Gasteiger partial charge in [-0.3, -0.25) is 4.31 Å². The van der Waals surface area contributed by atoms with Crippen molar-refractivity contribution in [3.8, 4) is 5.75 Å². The fourth-order valence-corrected chi connectivity index (χ4v) is 4.02. The van der Waals surface area contributed by atoms with Crippen LogP contribution in [0.3, 0.4) is 0 Å². The summed E-state index contributed by atoms with van der Waals surface area (Å²) in [5, 5.41) is 0.387. The molecule has 0 bridgehead atoms. The zero-order valence-corrected chi connectivity index (χ0v) is 14.8. The Kier molecular flexibility index (Phi) is 5.12. The molecule has 2 aromatic carbocycles. The molecule has 0 aliphatic rings. The minimum absolute atomic E-state index is 0.0461. The Bertz CT molecular complexity index is 809. The quantitative estimate of drug-likeness (QED) is 0.785. The van der Waals surface area contributed by atoms with E-state index < -0.39 is 10.0 Å². The Morgan fingerprint density at radius 1 is 1.05 bits per heavy atom. The lowest BCUT2D eigenvalue weighted by Gasteiger charge is -2.21. The molecule has 0 aliphatic carbocycles. The maximum absolute atomic E-state index is 12.7. The molecule has 2 aromatic rings. The van der Waals surface area contributed by atoms with Crippen LogP contribution in [0.5, 0.6) is 5.75 Å². The first-order chi connectivity index (χ1) is 10.3. The summed E-state index contributed by atoms with van der Waals surface area (Å²) in [6.07, 6.45) is 0. The number of sulfonamides is 1. The Morgan fingerprint density at radius 2 is 1.73 bits per heavy atom. The third kappa shape index (κ3) is 3.13. The summed E-state index contributed by atoms with van der Waals surface area (Å²) in [7, 11) is -1.05. The second-order valence-corrected chi connectivity index (χ2v) is 7.48. The Hall–Kier alpha value is -1.14. The first kappa shape index (κ1) is 17.2. The predicted octanol–water partition coefficient (Wildman–Crippen LogP) is 4.48. The molecule has 0 aliphatic heterocycles. The van der Waals surface area contributed by atoms with Gasteiger partial charge in [-0.25, -0.2) is 8.42 Å². The van der Waals surface area contributed by atoms with Gasteiger partial charge in [0.2, 0.25) is 0 Å². The summed E-state index contributed by atoms with van der Waals surface area (Å²) < 4.78 is 31.5. The number of anilines is 1. The molecule has 0 fully saturated rings. The molecule has 0 saturated carbocycles. The van der Waals surface area contributed by atoms with Crippen LogP contribution in [-0.4, -0.2) is 22.6 Å². The summed E-state index contributed by atoms with van der Waals surface area (Å²) in [6, 6.07) is 9.28. The maximum atomic E-state index is 12.7. The highest BCUT2D eigenvalue weighted by atomic mass is 35.5. The van der Waals surface area contributed by atoms with Crippen molar-refractivity contribution in [2.45, 2.75) is 4.90 Å². The highest BCUT2D eigenvalue weighted by molar-refractivity contribution is 7.93. The molecule has 0 unspecified atom stereocenters. The molecule has 8 heteroatoms. The lowest BCUT2D eigenvalue weighted by Crippen LogP contribution is -2.26. The van der Waals surface area contributed by atoms with E-state index >= 15 is 0 Å². The van der Waals surface area contributed by atoms with Crippen LogP contribution in [0.2, 0.25) is 15.1 Å². The fraction of sp³-hybridized carbons (Fsp3) is 0.143. The van der Waals surface area contributed by atoms with E-state index in [9.17, 15) is 8.42 Å². The molecule has 0 radical (unpaired) electrons. The molecule has 0 spiro atoms. The van der Waals surface area contributed by atoms with E-state index in [0.29, 0.717) is 16.5 Å². The van der Waals surface area contributed by atoms with Crippen LogP contribution in [0, 0.1) is 0 Å². The van der Waals surface area contributed by atoms with Gasteiger partial charge in [0.25, 0.3) is 10.0 Å². The van der Waals surface area contributed by atoms with Crippen LogP contribution < -0.4 is 9.04 Å². The second kappa shape index (κ2) is 6.54. The number of nitrogens with zero attached hydrogens (tertiary/aromatic N) is 1. The highest BCUT2D eigenvalue weighted by Crippen LogP contribution is 2.38. The van der Waals surface area contributed by atoms with Crippen molar-refractivity contribution in [1.29, 1.82) is 0 Å². The molecule has 0 atom stereocenters. The zero-order chi connectivity index (χ0) is 16.5. The van der Waals surface area contributed by atoms with Gasteiger partial charge >= 0.3 is 0 Å². The van der Waals surface area contributed by atoms with Gasteiger partial charge in [0, 0.05) is 12.1 Å². The SMILES string of the molecule is COc1ccc(S(=O)(=O)N(C)c2cccc(Cl)c2)c(Cl)c1Cl. The minimum atomic E-state index is -3.88. The highest BCUT2D eigenvalue weighted by Gasteiger charge is 2.26. The minimum Gasteiger partial charge on any atom is -0.495 e. The molecule has 4 nitrogen and oxygen atoms in total. The molecule has 0 amide bonds. The smallest absolute Gasteiger partial charge is 0.265 e. The first-order valence-electron chi connectivity index (χ1n) is 6.05. The molecular formula is C14H12Cl3NO3S. The van der Waals surface area contributed by atoms with Crippen LogP contribution in [0.4, 0.5) is 5.69 Å². The molecule has 22 heavy (non-hydrogen) atoms. The van der Waals surface area contributed by atoms with Gasteiger partial charge in [-0.1, -0.05) is 40.9 Å². The molecule has 2 rings (SSSR count). The molecule has 0 saturated heterocycles. The van der Waals surface area contributed by atoms with Crippen LogP contribution in [0.25, 0.3) is 0 Å². The van der Waals surface area contributed by atoms with Crippen LogP contribution in [-0.2, 0) is 10.0 Å². The van der Waals surface area contributed by atoms with Crippen molar-refractivity contribution in [1.82, 2.24) is 0 Å². The Morgan fingerprint density at radius 3 is 2.32 bits per heavy atom. The molecule has 0 aromatic heterocycles. The molecule has 0 heterocycles. The standard InChI is InChI=1S/C14H12Cl3NO3S/c1-18(10-5-3-4-9(15)8-10)22(19,20)12-7-6-11(21-2)13(16)14(12)17/h3-8H,1-2H3. The van der Waals surface area contributed by atoms with Gasteiger partial charge in [0.15, 0.2) is 0 Å². The van der Waals surface area contributed by atoms with Crippen LogP contribution in [0.15, 0.2) is 41.3 Å². The van der Waals surface area contributed by atoms with E-state index in [2.05, 4.69) is 0 Å². The fourth-order valence-electron chi connectivity index (χ4n) is 1.83. The van der Waals surface area contributed by atoms with Gasteiger partial charge in [-0.15, -0.1) is 0 Å². The predicted molar refractivity (Wildman–Crippen MR) is 90.1 cm³/mol. The Balaban J connectivity index is 2.53. The lowest BCUT2D eigenvalue weighted by atomic mass is 10.3.